The quantitative estimate of drug-likeness (QED) is 0.691. The molecule has 21 heavy (non-hydrogen) atoms. The Morgan fingerprint density at radius 2 is 1.95 bits per heavy atom. The number of fused-ring (bicyclic) bond motifs is 1. The van der Waals surface area contributed by atoms with Crippen LogP contribution in [0.2, 0.25) is 5.02 Å². The fourth-order valence-corrected chi connectivity index (χ4v) is 3.42. The van der Waals surface area contributed by atoms with Gasteiger partial charge in [-0.2, -0.15) is 0 Å². The van der Waals surface area contributed by atoms with E-state index in [0.717, 1.165) is 16.5 Å². The summed E-state index contributed by atoms with van der Waals surface area (Å²) in [4.78, 5) is 4.27. The van der Waals surface area contributed by atoms with Gasteiger partial charge in [-0.3, -0.25) is 9.55 Å². The Morgan fingerprint density at radius 1 is 1.24 bits per heavy atom. The summed E-state index contributed by atoms with van der Waals surface area (Å²) >= 11 is 5.96. The third kappa shape index (κ3) is 4.14. The van der Waals surface area contributed by atoms with Gasteiger partial charge in [0.05, 0.1) is 18.7 Å². The molecule has 0 fully saturated rings. The summed E-state index contributed by atoms with van der Waals surface area (Å²) in [5.41, 5.74) is 1.67. The molecule has 2 aromatic rings. The van der Waals surface area contributed by atoms with Crippen LogP contribution < -0.4 is 0 Å². The number of pyridine rings is 1. The predicted molar refractivity (Wildman–Crippen MR) is 86.6 cm³/mol. The number of hydrogen-bond donors (Lipinski definition) is 0. The van der Waals surface area contributed by atoms with Crippen molar-refractivity contribution < 1.29 is 13.6 Å². The number of aromatic nitrogens is 1. The molecular weight excluding hydrogens is 309 g/mol. The minimum atomic E-state index is -3.20. The Morgan fingerprint density at radius 3 is 2.62 bits per heavy atom. The van der Waals surface area contributed by atoms with E-state index in [1.807, 2.05) is 12.1 Å². The molecule has 1 aromatic heterocycles. The summed E-state index contributed by atoms with van der Waals surface area (Å²) in [7, 11) is -3.20. The van der Waals surface area contributed by atoms with Crippen LogP contribution in [-0.4, -0.2) is 18.2 Å². The van der Waals surface area contributed by atoms with Crippen molar-refractivity contribution in [1.29, 1.82) is 0 Å². The van der Waals surface area contributed by atoms with Crippen LogP contribution in [0.15, 0.2) is 36.3 Å². The average Bonchev–Trinajstić information content (AvgIpc) is 2.45. The maximum atomic E-state index is 12.4. The Bertz CT molecular complexity index is 692. The fraction of sp³-hybridized carbons (Fsp3) is 0.267. The Balaban J connectivity index is 2.38. The van der Waals surface area contributed by atoms with E-state index in [0.29, 0.717) is 18.2 Å². The molecule has 2 rings (SSSR count). The van der Waals surface area contributed by atoms with Gasteiger partial charge in [-0.05, 0) is 43.7 Å². The first kappa shape index (κ1) is 16.2. The Hall–Kier alpha value is -1.19. The van der Waals surface area contributed by atoms with E-state index < -0.39 is 7.60 Å². The van der Waals surface area contributed by atoms with Gasteiger partial charge in [0.1, 0.15) is 0 Å². The SMILES string of the molecule is CCOP(=O)(C=Cc1ccnc2cc(Cl)ccc12)OCC. The highest BCUT2D eigenvalue weighted by Gasteiger charge is 2.18. The molecule has 0 unspecified atom stereocenters. The lowest BCUT2D eigenvalue weighted by atomic mass is 10.1. The molecule has 4 nitrogen and oxygen atoms in total. The van der Waals surface area contributed by atoms with Crippen molar-refractivity contribution >= 4 is 36.2 Å². The molecule has 0 saturated heterocycles. The van der Waals surface area contributed by atoms with E-state index in [4.69, 9.17) is 20.6 Å². The molecule has 0 spiro atoms. The van der Waals surface area contributed by atoms with Gasteiger partial charge in [0.15, 0.2) is 0 Å². The van der Waals surface area contributed by atoms with Crippen LogP contribution in [0.1, 0.15) is 19.4 Å². The normalized spacial score (nSPS) is 12.3. The van der Waals surface area contributed by atoms with Gasteiger partial charge in [0, 0.05) is 22.4 Å². The Labute approximate surface area is 129 Å². The maximum Gasteiger partial charge on any atom is 0.354 e. The topological polar surface area (TPSA) is 48.4 Å². The highest BCUT2D eigenvalue weighted by atomic mass is 35.5. The van der Waals surface area contributed by atoms with E-state index in [9.17, 15) is 4.57 Å². The predicted octanol–water partition coefficient (Wildman–Crippen LogP) is 5.13. The lowest BCUT2D eigenvalue weighted by Gasteiger charge is -2.12. The monoisotopic (exact) mass is 325 g/mol. The van der Waals surface area contributed by atoms with Crippen molar-refractivity contribution in [2.75, 3.05) is 13.2 Å². The molecule has 0 saturated carbocycles. The van der Waals surface area contributed by atoms with Crippen molar-refractivity contribution in [1.82, 2.24) is 4.98 Å². The van der Waals surface area contributed by atoms with E-state index in [2.05, 4.69) is 4.98 Å². The van der Waals surface area contributed by atoms with Crippen molar-refractivity contribution in [3.05, 3.63) is 46.9 Å². The summed E-state index contributed by atoms with van der Waals surface area (Å²) in [6.07, 6.45) is 3.43. The van der Waals surface area contributed by atoms with Gasteiger partial charge >= 0.3 is 7.60 Å². The maximum absolute atomic E-state index is 12.4. The zero-order chi connectivity index (χ0) is 15.3. The van der Waals surface area contributed by atoms with Gasteiger partial charge in [-0.1, -0.05) is 17.7 Å². The van der Waals surface area contributed by atoms with Crippen molar-refractivity contribution in [2.24, 2.45) is 0 Å². The molecule has 0 N–H and O–H groups in total. The summed E-state index contributed by atoms with van der Waals surface area (Å²) in [6.45, 7) is 4.22. The first-order chi connectivity index (χ1) is 10.1. The number of rotatable bonds is 6. The highest BCUT2D eigenvalue weighted by molar-refractivity contribution is 7.57. The van der Waals surface area contributed by atoms with E-state index in [-0.39, 0.29) is 0 Å². The summed E-state index contributed by atoms with van der Waals surface area (Å²) in [6, 6.07) is 7.32. The van der Waals surface area contributed by atoms with Gasteiger partial charge in [0.25, 0.3) is 0 Å². The molecule has 0 amide bonds. The van der Waals surface area contributed by atoms with Crippen LogP contribution in [0.5, 0.6) is 0 Å². The number of hydrogen-bond acceptors (Lipinski definition) is 4. The van der Waals surface area contributed by atoms with E-state index in [1.54, 1.807) is 38.3 Å². The molecule has 1 heterocycles. The van der Waals surface area contributed by atoms with Gasteiger partial charge < -0.3 is 9.05 Å². The highest BCUT2D eigenvalue weighted by Crippen LogP contribution is 2.50. The van der Waals surface area contributed by atoms with Crippen LogP contribution in [0.3, 0.4) is 0 Å². The number of benzene rings is 1. The molecule has 0 bridgehead atoms. The first-order valence-electron chi connectivity index (χ1n) is 6.70. The minimum Gasteiger partial charge on any atom is -0.306 e. The second-order valence-electron chi connectivity index (χ2n) is 4.25. The molecule has 1 aromatic carbocycles. The molecule has 6 heteroatoms. The van der Waals surface area contributed by atoms with Crippen LogP contribution in [0.4, 0.5) is 0 Å². The van der Waals surface area contributed by atoms with E-state index in [1.165, 1.54) is 5.82 Å². The number of halogens is 1. The largest absolute Gasteiger partial charge is 0.354 e. The molecule has 0 radical (unpaired) electrons. The molecule has 0 aliphatic rings. The molecular formula is C15H17ClNO3P. The van der Waals surface area contributed by atoms with Gasteiger partial charge in [-0.15, -0.1) is 0 Å². The average molecular weight is 326 g/mol. The molecule has 0 atom stereocenters. The van der Waals surface area contributed by atoms with Crippen molar-refractivity contribution in [3.63, 3.8) is 0 Å². The van der Waals surface area contributed by atoms with Gasteiger partial charge in [-0.25, -0.2) is 0 Å². The summed E-state index contributed by atoms with van der Waals surface area (Å²) in [5, 5.41) is 1.56. The van der Waals surface area contributed by atoms with Crippen LogP contribution >= 0.6 is 19.2 Å². The lowest BCUT2D eigenvalue weighted by Crippen LogP contribution is -1.92. The molecule has 112 valence electrons. The second kappa shape index (κ2) is 7.19. The zero-order valence-electron chi connectivity index (χ0n) is 12.0. The van der Waals surface area contributed by atoms with Crippen molar-refractivity contribution in [2.45, 2.75) is 13.8 Å². The fourth-order valence-electron chi connectivity index (χ4n) is 1.94. The first-order valence-corrected chi connectivity index (χ1v) is 8.69. The summed E-state index contributed by atoms with van der Waals surface area (Å²) < 4.78 is 22.9. The van der Waals surface area contributed by atoms with Crippen LogP contribution in [0.25, 0.3) is 17.0 Å². The zero-order valence-corrected chi connectivity index (χ0v) is 13.6. The lowest BCUT2D eigenvalue weighted by molar-refractivity contribution is 0.229. The molecule has 0 aliphatic heterocycles. The van der Waals surface area contributed by atoms with Crippen LogP contribution in [0, 0.1) is 0 Å². The molecule has 0 aliphatic carbocycles. The van der Waals surface area contributed by atoms with Gasteiger partial charge in [0.2, 0.25) is 0 Å². The number of nitrogens with zero attached hydrogens (tertiary/aromatic N) is 1. The van der Waals surface area contributed by atoms with E-state index >= 15 is 0 Å². The summed E-state index contributed by atoms with van der Waals surface area (Å²) in [5.74, 6) is 1.49. The second-order valence-corrected chi connectivity index (χ2v) is 6.58. The minimum absolute atomic E-state index is 0.328. The Kier molecular flexibility index (Phi) is 5.54. The smallest absolute Gasteiger partial charge is 0.306 e. The standard InChI is InChI=1S/C15H17ClNO3P/c1-3-19-21(18,20-4-2)10-8-12-7-9-17-15-11-13(16)5-6-14(12)15/h5-11H,3-4H2,1-2H3. The van der Waals surface area contributed by atoms with Crippen molar-refractivity contribution in [3.8, 4) is 0 Å². The third-order valence-corrected chi connectivity index (χ3v) is 4.78. The van der Waals surface area contributed by atoms with Crippen LogP contribution in [-0.2, 0) is 13.6 Å². The third-order valence-electron chi connectivity index (χ3n) is 2.79.